The lowest BCUT2D eigenvalue weighted by molar-refractivity contribution is -0.118. The highest BCUT2D eigenvalue weighted by atomic mass is 31.2. The van der Waals surface area contributed by atoms with E-state index in [2.05, 4.69) is 31.9 Å². The van der Waals surface area contributed by atoms with E-state index in [0.29, 0.717) is 17.4 Å². The highest BCUT2D eigenvalue weighted by Crippen LogP contribution is 2.64. The zero-order chi connectivity index (χ0) is 43.2. The molecule has 1 saturated carbocycles. The minimum absolute atomic E-state index is 0.0293. The Hall–Kier alpha value is -4.76. The zero-order valence-electron chi connectivity index (χ0n) is 35.7. The third-order valence-electron chi connectivity index (χ3n) is 13.1. The van der Waals surface area contributed by atoms with Crippen molar-refractivity contribution in [1.29, 1.82) is 0 Å². The Kier molecular flexibility index (Phi) is 12.0. The number of hydrogen-bond acceptors (Lipinski definition) is 11. The van der Waals surface area contributed by atoms with Crippen LogP contribution in [0.25, 0.3) is 11.2 Å². The first-order chi connectivity index (χ1) is 30.0. The number of benzene rings is 3. The number of fused-ring (bicyclic) bond motifs is 2. The Morgan fingerprint density at radius 2 is 1.61 bits per heavy atom. The summed E-state index contributed by atoms with van der Waals surface area (Å²) in [6, 6.07) is 25.4. The van der Waals surface area contributed by atoms with E-state index >= 15 is 4.39 Å². The van der Waals surface area contributed by atoms with Gasteiger partial charge in [-0.2, -0.15) is 4.98 Å². The number of ether oxygens (including phenoxy) is 4. The first-order valence-electron chi connectivity index (χ1n) is 21.5. The van der Waals surface area contributed by atoms with Crippen molar-refractivity contribution in [2.45, 2.75) is 101 Å². The van der Waals surface area contributed by atoms with Crippen molar-refractivity contribution in [1.82, 2.24) is 24.2 Å². The number of nitrogens with zero attached hydrogens (tertiary/aromatic N) is 4. The molecule has 4 fully saturated rings. The third-order valence-corrected chi connectivity index (χ3v) is 15.0. The van der Waals surface area contributed by atoms with Gasteiger partial charge in [-0.1, -0.05) is 81.3 Å². The summed E-state index contributed by atoms with van der Waals surface area (Å²) in [5.74, 6) is 0.948. The zero-order valence-corrected chi connectivity index (χ0v) is 36.6. The second-order valence-electron chi connectivity index (χ2n) is 17.1. The molecule has 1 amide bonds. The van der Waals surface area contributed by atoms with Crippen LogP contribution in [0.5, 0.6) is 11.5 Å². The number of halogens is 1. The van der Waals surface area contributed by atoms with Crippen molar-refractivity contribution in [2.75, 3.05) is 32.7 Å². The van der Waals surface area contributed by atoms with Gasteiger partial charge in [0, 0.05) is 18.5 Å². The van der Waals surface area contributed by atoms with Crippen LogP contribution in [0.3, 0.4) is 0 Å². The lowest BCUT2D eigenvalue weighted by Crippen LogP contribution is -2.44. The number of aromatic nitrogens is 4. The fraction of sp³-hybridized carbons (Fsp3) is 0.478. The average molecular weight is 869 g/mol. The predicted octanol–water partition coefficient (Wildman–Crippen LogP) is 8.03. The Balaban J connectivity index is 1.12. The quantitative estimate of drug-likeness (QED) is 0.0825. The van der Waals surface area contributed by atoms with Gasteiger partial charge < -0.3 is 28.0 Å². The molecule has 2 aromatic heterocycles. The van der Waals surface area contributed by atoms with E-state index in [1.165, 1.54) is 23.7 Å². The molecule has 0 radical (unpaired) electrons. The number of imidazole rings is 1. The van der Waals surface area contributed by atoms with Crippen LogP contribution in [-0.2, 0) is 28.9 Å². The molecule has 3 aliphatic heterocycles. The van der Waals surface area contributed by atoms with Crippen LogP contribution >= 0.6 is 8.53 Å². The van der Waals surface area contributed by atoms with E-state index in [1.54, 1.807) is 28.1 Å². The molecular weight excluding hydrogens is 815 g/mol. The normalized spacial score (nSPS) is 26.7. The summed E-state index contributed by atoms with van der Waals surface area (Å²) in [5, 5.41) is 2.65. The van der Waals surface area contributed by atoms with E-state index < -0.39 is 49.9 Å². The molecule has 16 heteroatoms. The van der Waals surface area contributed by atoms with Crippen molar-refractivity contribution in [3.8, 4) is 11.5 Å². The maximum absolute atomic E-state index is 17.7. The number of amides is 1. The second-order valence-corrected chi connectivity index (χ2v) is 18.5. The van der Waals surface area contributed by atoms with Gasteiger partial charge in [0.2, 0.25) is 11.9 Å². The number of alkyl halides is 1. The third kappa shape index (κ3) is 7.60. The van der Waals surface area contributed by atoms with Gasteiger partial charge in [-0.3, -0.25) is 24.5 Å². The maximum Gasteiger partial charge on any atom is 0.280 e. The number of nitrogens with one attached hydrogen (secondary N) is 2. The van der Waals surface area contributed by atoms with Crippen LogP contribution in [0.15, 0.2) is 90.0 Å². The van der Waals surface area contributed by atoms with Crippen molar-refractivity contribution in [3.05, 3.63) is 112 Å². The maximum atomic E-state index is 17.7. The number of H-pyrrole nitrogens is 1. The highest BCUT2D eigenvalue weighted by molar-refractivity contribution is 7.45. The monoisotopic (exact) mass is 868 g/mol. The van der Waals surface area contributed by atoms with Gasteiger partial charge in [0.25, 0.3) is 14.1 Å². The molecule has 2 N–H and O–H groups in total. The molecule has 0 unspecified atom stereocenters. The van der Waals surface area contributed by atoms with E-state index in [0.717, 1.165) is 48.9 Å². The van der Waals surface area contributed by atoms with Gasteiger partial charge in [0.1, 0.15) is 29.3 Å². The Morgan fingerprint density at radius 3 is 2.24 bits per heavy atom. The number of methoxy groups -OCH3 is 2. The Morgan fingerprint density at radius 1 is 0.968 bits per heavy atom. The Labute approximate surface area is 361 Å². The SMILES string of the molecule is COc1ccc(C(OC[C@H]2O[C@@H](n3cnc4c(=O)[nH]c(NC(=O)C(C)C)nc43)[C@H](F)[C@@H]2O[P@]2O[C@](C)(C3CCCC3)[C@@H]3CCCN32)(c2ccccc2)c2ccc(OC)cc2)cc1. The first-order valence-corrected chi connectivity index (χ1v) is 22.7. The average Bonchev–Trinajstić information content (AvgIpc) is 4.15. The van der Waals surface area contributed by atoms with Gasteiger partial charge in [0.05, 0.1) is 32.8 Å². The molecule has 7 atom stereocenters. The lowest BCUT2D eigenvalue weighted by atomic mass is 9.80. The van der Waals surface area contributed by atoms with Gasteiger partial charge in [-0.25, -0.2) is 14.0 Å². The number of anilines is 1. The van der Waals surface area contributed by atoms with Gasteiger partial charge in [-0.15, -0.1) is 0 Å². The molecule has 3 saturated heterocycles. The van der Waals surface area contributed by atoms with E-state index in [1.807, 2.05) is 78.9 Å². The summed E-state index contributed by atoms with van der Waals surface area (Å²) in [5.41, 5.74) is 0.218. The van der Waals surface area contributed by atoms with Crippen molar-refractivity contribution >= 4 is 31.5 Å². The number of hydrogen-bond donors (Lipinski definition) is 2. The molecule has 4 aliphatic rings. The number of carbonyl (C=O) groups is 1. The van der Waals surface area contributed by atoms with Crippen molar-refractivity contribution < 1.29 is 37.2 Å². The molecule has 9 rings (SSSR count). The molecule has 5 heterocycles. The summed E-state index contributed by atoms with van der Waals surface area (Å²) >= 11 is 0. The molecule has 0 bridgehead atoms. The Bertz CT molecular complexity index is 2370. The van der Waals surface area contributed by atoms with Crippen molar-refractivity contribution in [3.63, 3.8) is 0 Å². The molecule has 5 aromatic rings. The molecule has 1 aliphatic carbocycles. The smallest absolute Gasteiger partial charge is 0.280 e. The van der Waals surface area contributed by atoms with Crippen LogP contribution in [0, 0.1) is 11.8 Å². The molecule has 62 heavy (non-hydrogen) atoms. The number of aromatic amines is 1. The first kappa shape index (κ1) is 42.5. The standard InChI is InChI=1S/C46H54FN6O8P/c1-28(2)41(54)50-44-49-40-38(42(55)51-44)48-27-52(40)43-37(47)39(60-62-53-25-11-16-36(53)45(3,61-62)29-12-9-10-13-29)35(59-43)26-58-46(30-14-7-6-8-15-30,31-17-21-33(56-4)22-18-31)32-19-23-34(57-5)24-20-32/h6-8,14-15,17-24,27-29,35-37,39,43H,9-13,16,25-26H2,1-5H3,(H2,49,50,51,54,55)/t35-,36+,37-,39-,43-,45-,62-/m1/s1. The fourth-order valence-electron chi connectivity index (χ4n) is 9.73. The topological polar surface area (TPSA) is 151 Å². The summed E-state index contributed by atoms with van der Waals surface area (Å²) in [4.78, 5) is 37.3. The summed E-state index contributed by atoms with van der Waals surface area (Å²) < 4.78 is 60.5. The highest BCUT2D eigenvalue weighted by Gasteiger charge is 2.60. The van der Waals surface area contributed by atoms with E-state index in [9.17, 15) is 9.59 Å². The lowest BCUT2D eigenvalue weighted by Gasteiger charge is -2.37. The van der Waals surface area contributed by atoms with Gasteiger partial charge in [-0.05, 0) is 79.5 Å². The van der Waals surface area contributed by atoms with Crippen LogP contribution in [0.2, 0.25) is 0 Å². The van der Waals surface area contributed by atoms with Gasteiger partial charge >= 0.3 is 0 Å². The van der Waals surface area contributed by atoms with Crippen molar-refractivity contribution in [2.24, 2.45) is 11.8 Å². The van der Waals surface area contributed by atoms with Gasteiger partial charge in [0.15, 0.2) is 23.6 Å². The fourth-order valence-corrected chi connectivity index (χ4v) is 11.9. The number of rotatable bonds is 14. The van der Waals surface area contributed by atoms with Crippen LogP contribution in [-0.4, -0.2) is 87.5 Å². The van der Waals surface area contributed by atoms with Crippen LogP contribution < -0.4 is 20.3 Å². The summed E-state index contributed by atoms with van der Waals surface area (Å²) in [7, 11) is 1.55. The molecule has 3 aromatic carbocycles. The minimum Gasteiger partial charge on any atom is -0.497 e. The summed E-state index contributed by atoms with van der Waals surface area (Å²) in [6.45, 7) is 6.34. The summed E-state index contributed by atoms with van der Waals surface area (Å²) in [6.07, 6.45) is 2.60. The molecule has 14 nitrogen and oxygen atoms in total. The van der Waals surface area contributed by atoms with Crippen LogP contribution in [0.1, 0.15) is 82.2 Å². The largest absolute Gasteiger partial charge is 0.497 e. The molecule has 328 valence electrons. The minimum atomic E-state index is -1.78. The van der Waals surface area contributed by atoms with Crippen LogP contribution in [0.4, 0.5) is 10.3 Å². The molecular formula is C46H54FN6O8P. The molecule has 0 spiro atoms. The predicted molar refractivity (Wildman–Crippen MR) is 232 cm³/mol. The van der Waals surface area contributed by atoms with E-state index in [4.69, 9.17) is 28.0 Å². The number of carbonyl (C=O) groups excluding carboxylic acids is 1. The second kappa shape index (κ2) is 17.4. The van der Waals surface area contributed by atoms with E-state index in [-0.39, 0.29) is 41.6 Å².